The zero-order chi connectivity index (χ0) is 17.2. The van der Waals surface area contributed by atoms with Crippen LogP contribution in [0.2, 0.25) is 0 Å². The lowest BCUT2D eigenvalue weighted by Crippen LogP contribution is -2.12. The van der Waals surface area contributed by atoms with E-state index in [0.29, 0.717) is 34.6 Å². The predicted molar refractivity (Wildman–Crippen MR) is 93.0 cm³/mol. The lowest BCUT2D eigenvalue weighted by atomic mass is 10.3. The molecule has 2 heterocycles. The van der Waals surface area contributed by atoms with Crippen LogP contribution in [0.5, 0.6) is 5.75 Å². The van der Waals surface area contributed by atoms with E-state index in [2.05, 4.69) is 9.71 Å². The van der Waals surface area contributed by atoms with Crippen molar-refractivity contribution in [2.45, 2.75) is 18.1 Å². The largest absolute Gasteiger partial charge is 0.492 e. The van der Waals surface area contributed by atoms with Crippen LogP contribution in [0.15, 0.2) is 51.2 Å². The molecule has 24 heavy (non-hydrogen) atoms. The Bertz CT molecular complexity index is 944. The fourth-order valence-corrected chi connectivity index (χ4v) is 4.42. The minimum absolute atomic E-state index is 0.192. The number of rotatable bonds is 6. The second kappa shape index (κ2) is 6.66. The number of nitrogens with zero attached hydrogens (tertiary/aromatic N) is 1. The van der Waals surface area contributed by atoms with Crippen LogP contribution in [0.3, 0.4) is 0 Å². The predicted octanol–water partition coefficient (Wildman–Crippen LogP) is 3.91. The minimum Gasteiger partial charge on any atom is -0.492 e. The first-order valence-corrected chi connectivity index (χ1v) is 9.57. The van der Waals surface area contributed by atoms with E-state index in [-0.39, 0.29) is 4.21 Å². The summed E-state index contributed by atoms with van der Waals surface area (Å²) in [5.74, 6) is 1.58. The van der Waals surface area contributed by atoms with Gasteiger partial charge in [-0.25, -0.2) is 13.4 Å². The molecule has 0 aliphatic carbocycles. The molecule has 0 unspecified atom stereocenters. The monoisotopic (exact) mass is 364 g/mol. The van der Waals surface area contributed by atoms with Crippen LogP contribution in [0, 0.1) is 6.92 Å². The lowest BCUT2D eigenvalue weighted by Gasteiger charge is -2.11. The quantitative estimate of drug-likeness (QED) is 0.717. The highest BCUT2D eigenvalue weighted by atomic mass is 32.2. The summed E-state index contributed by atoms with van der Waals surface area (Å²) < 4.78 is 38.9. The number of oxazole rings is 1. The van der Waals surface area contributed by atoms with Crippen molar-refractivity contribution in [1.29, 1.82) is 0 Å². The summed E-state index contributed by atoms with van der Waals surface area (Å²) in [6.45, 7) is 4.03. The molecular formula is C16H16N2O4S2. The maximum absolute atomic E-state index is 12.6. The van der Waals surface area contributed by atoms with Crippen molar-refractivity contribution in [3.05, 3.63) is 48.5 Å². The van der Waals surface area contributed by atoms with Gasteiger partial charge in [0.2, 0.25) is 0 Å². The van der Waals surface area contributed by atoms with Gasteiger partial charge in [-0.1, -0.05) is 12.1 Å². The highest BCUT2D eigenvalue weighted by Crippen LogP contribution is 2.33. The van der Waals surface area contributed by atoms with Gasteiger partial charge in [0.15, 0.2) is 11.7 Å². The number of benzene rings is 1. The van der Waals surface area contributed by atoms with E-state index in [1.165, 1.54) is 0 Å². The van der Waals surface area contributed by atoms with Crippen molar-refractivity contribution in [3.8, 4) is 16.4 Å². The number of nitrogens with one attached hydrogen (secondary N) is 1. The molecule has 0 amide bonds. The van der Waals surface area contributed by atoms with E-state index in [1.807, 2.05) is 6.92 Å². The van der Waals surface area contributed by atoms with Crippen LogP contribution in [0.4, 0.5) is 5.69 Å². The van der Waals surface area contributed by atoms with Gasteiger partial charge in [0.05, 0.1) is 23.4 Å². The Labute approximate surface area is 144 Å². The SMILES string of the molecule is CCOc1ccccc1NS(=O)(=O)c1ccc(-c2cnc(C)o2)s1. The lowest BCUT2D eigenvalue weighted by molar-refractivity contribution is 0.342. The molecule has 0 saturated carbocycles. The zero-order valence-electron chi connectivity index (χ0n) is 13.1. The van der Waals surface area contributed by atoms with Gasteiger partial charge in [-0.05, 0) is 31.2 Å². The smallest absolute Gasteiger partial charge is 0.271 e. The summed E-state index contributed by atoms with van der Waals surface area (Å²) >= 11 is 1.12. The second-order valence-corrected chi connectivity index (χ2v) is 7.89. The summed E-state index contributed by atoms with van der Waals surface area (Å²) in [5.41, 5.74) is 0.407. The van der Waals surface area contributed by atoms with Crippen molar-refractivity contribution in [2.24, 2.45) is 0 Å². The van der Waals surface area contributed by atoms with Crippen molar-refractivity contribution < 1.29 is 17.6 Å². The molecule has 126 valence electrons. The average molecular weight is 364 g/mol. The number of hydrogen-bond donors (Lipinski definition) is 1. The molecule has 0 saturated heterocycles. The number of para-hydroxylation sites is 2. The van der Waals surface area contributed by atoms with Crippen LogP contribution < -0.4 is 9.46 Å². The molecule has 0 aliphatic rings. The maximum atomic E-state index is 12.6. The molecule has 0 fully saturated rings. The molecule has 0 atom stereocenters. The molecule has 0 aliphatic heterocycles. The number of anilines is 1. The van der Waals surface area contributed by atoms with E-state index >= 15 is 0 Å². The van der Waals surface area contributed by atoms with Gasteiger partial charge in [-0.15, -0.1) is 11.3 Å². The molecule has 2 aromatic heterocycles. The zero-order valence-corrected chi connectivity index (χ0v) is 14.8. The molecule has 1 aromatic carbocycles. The molecule has 0 radical (unpaired) electrons. The Hall–Kier alpha value is -2.32. The van der Waals surface area contributed by atoms with E-state index in [9.17, 15) is 8.42 Å². The van der Waals surface area contributed by atoms with E-state index in [0.717, 1.165) is 11.3 Å². The fourth-order valence-electron chi connectivity index (χ4n) is 2.10. The van der Waals surface area contributed by atoms with Crippen molar-refractivity contribution in [2.75, 3.05) is 11.3 Å². The average Bonchev–Trinajstić information content (AvgIpc) is 3.18. The summed E-state index contributed by atoms with van der Waals surface area (Å²) in [7, 11) is -3.71. The molecular weight excluding hydrogens is 348 g/mol. The minimum atomic E-state index is -3.71. The molecule has 8 heteroatoms. The molecule has 6 nitrogen and oxygen atoms in total. The third-order valence-corrected chi connectivity index (χ3v) is 6.10. The number of hydrogen-bond acceptors (Lipinski definition) is 6. The highest BCUT2D eigenvalue weighted by molar-refractivity contribution is 7.94. The van der Waals surface area contributed by atoms with Gasteiger partial charge in [0.1, 0.15) is 9.96 Å². The first kappa shape index (κ1) is 16.5. The van der Waals surface area contributed by atoms with Gasteiger partial charge in [-0.3, -0.25) is 4.72 Å². The van der Waals surface area contributed by atoms with Gasteiger partial charge in [-0.2, -0.15) is 0 Å². The number of ether oxygens (including phenoxy) is 1. The molecule has 0 bridgehead atoms. The maximum Gasteiger partial charge on any atom is 0.271 e. The summed E-state index contributed by atoms with van der Waals surface area (Å²) in [6, 6.07) is 10.2. The Morgan fingerprint density at radius 1 is 1.25 bits per heavy atom. The summed E-state index contributed by atoms with van der Waals surface area (Å²) in [4.78, 5) is 4.73. The van der Waals surface area contributed by atoms with E-state index in [4.69, 9.17) is 9.15 Å². The number of aromatic nitrogens is 1. The Kier molecular flexibility index (Phi) is 4.59. The standard InChI is InChI=1S/C16H16N2O4S2/c1-3-21-13-7-5-4-6-12(13)18-24(19,20)16-9-8-15(23-16)14-10-17-11(2)22-14/h4-10,18H,3H2,1-2H3. The summed E-state index contributed by atoms with van der Waals surface area (Å²) in [5, 5.41) is 0. The van der Waals surface area contributed by atoms with Crippen molar-refractivity contribution in [1.82, 2.24) is 4.98 Å². The molecule has 3 aromatic rings. The third-order valence-electron chi connectivity index (χ3n) is 3.14. The van der Waals surface area contributed by atoms with Gasteiger partial charge in [0.25, 0.3) is 10.0 Å². The van der Waals surface area contributed by atoms with E-state index in [1.54, 1.807) is 49.5 Å². The van der Waals surface area contributed by atoms with Crippen LogP contribution in [-0.2, 0) is 10.0 Å². The normalized spacial score (nSPS) is 11.4. The fraction of sp³-hybridized carbons (Fsp3) is 0.188. The first-order chi connectivity index (χ1) is 11.5. The summed E-state index contributed by atoms with van der Waals surface area (Å²) in [6.07, 6.45) is 1.58. The Morgan fingerprint density at radius 2 is 2.04 bits per heavy atom. The van der Waals surface area contributed by atoms with Crippen LogP contribution in [-0.4, -0.2) is 20.0 Å². The second-order valence-electron chi connectivity index (χ2n) is 4.90. The van der Waals surface area contributed by atoms with Gasteiger partial charge >= 0.3 is 0 Å². The highest BCUT2D eigenvalue weighted by Gasteiger charge is 2.20. The number of aryl methyl sites for hydroxylation is 1. The van der Waals surface area contributed by atoms with Crippen LogP contribution >= 0.6 is 11.3 Å². The number of sulfonamides is 1. The van der Waals surface area contributed by atoms with Crippen molar-refractivity contribution >= 4 is 27.0 Å². The molecule has 0 spiro atoms. The Morgan fingerprint density at radius 3 is 2.75 bits per heavy atom. The van der Waals surface area contributed by atoms with Crippen molar-refractivity contribution in [3.63, 3.8) is 0 Å². The van der Waals surface area contributed by atoms with E-state index < -0.39 is 10.0 Å². The molecule has 1 N–H and O–H groups in total. The van der Waals surface area contributed by atoms with Crippen LogP contribution in [0.1, 0.15) is 12.8 Å². The first-order valence-electron chi connectivity index (χ1n) is 7.27. The van der Waals surface area contributed by atoms with Crippen LogP contribution in [0.25, 0.3) is 10.6 Å². The van der Waals surface area contributed by atoms with Gasteiger partial charge < -0.3 is 9.15 Å². The molecule has 3 rings (SSSR count). The third kappa shape index (κ3) is 3.44. The topological polar surface area (TPSA) is 81.4 Å². The van der Waals surface area contributed by atoms with Gasteiger partial charge in [0, 0.05) is 6.92 Å². The number of thiophene rings is 1. The Balaban J connectivity index is 1.88.